The molecule has 0 aromatic heterocycles. The summed E-state index contributed by atoms with van der Waals surface area (Å²) < 4.78 is 0. The molecule has 1 heterocycles. The van der Waals surface area contributed by atoms with E-state index in [4.69, 9.17) is 5.26 Å². The maximum Gasteiger partial charge on any atom is 0.316 e. The molecule has 1 aliphatic heterocycles. The van der Waals surface area contributed by atoms with Crippen LogP contribution in [0, 0.1) is 11.3 Å². The van der Waals surface area contributed by atoms with Gasteiger partial charge >= 0.3 is 11.8 Å². The summed E-state index contributed by atoms with van der Waals surface area (Å²) in [7, 11) is 0. The number of benzene rings is 2. The smallest absolute Gasteiger partial charge is 0.316 e. The Morgan fingerprint density at radius 3 is 2.65 bits per heavy atom. The number of para-hydroxylation sites is 2. The van der Waals surface area contributed by atoms with Crippen LogP contribution in [0.15, 0.2) is 48.5 Å². The quantitative estimate of drug-likeness (QED) is 0.823. The summed E-state index contributed by atoms with van der Waals surface area (Å²) in [5, 5.41) is 11.6. The molecule has 0 bridgehead atoms. The summed E-state index contributed by atoms with van der Waals surface area (Å²) >= 11 is 0. The third-order valence-electron chi connectivity index (χ3n) is 3.92. The number of anilines is 2. The monoisotopic (exact) mass is 305 g/mol. The molecule has 23 heavy (non-hydrogen) atoms. The molecule has 0 spiro atoms. The standard InChI is InChI=1S/C18H15N3O2/c1-12-10-13-6-3-5-9-16(13)21(12)18(23)17(22)20-15-8-4-2-7-14(15)11-19/h2-9,12H,10H2,1H3,(H,20,22). The Morgan fingerprint density at radius 2 is 1.87 bits per heavy atom. The number of amides is 2. The van der Waals surface area contributed by atoms with Gasteiger partial charge in [0.2, 0.25) is 0 Å². The number of nitriles is 1. The summed E-state index contributed by atoms with van der Waals surface area (Å²) in [6, 6.07) is 16.1. The molecule has 3 rings (SSSR count). The Bertz CT molecular complexity index is 823. The number of rotatable bonds is 1. The highest BCUT2D eigenvalue weighted by Gasteiger charge is 2.34. The minimum absolute atomic E-state index is 0.0724. The summed E-state index contributed by atoms with van der Waals surface area (Å²) in [4.78, 5) is 26.4. The van der Waals surface area contributed by atoms with Gasteiger partial charge in [0.05, 0.1) is 11.3 Å². The molecule has 1 aliphatic rings. The Balaban J connectivity index is 1.84. The Hall–Kier alpha value is -3.13. The molecule has 1 N–H and O–H groups in total. The van der Waals surface area contributed by atoms with Gasteiger partial charge in [-0.1, -0.05) is 30.3 Å². The molecule has 0 saturated carbocycles. The lowest BCUT2D eigenvalue weighted by molar-refractivity contribution is -0.134. The first-order valence-electron chi connectivity index (χ1n) is 7.33. The second kappa shape index (κ2) is 5.93. The van der Waals surface area contributed by atoms with Crippen LogP contribution in [0.5, 0.6) is 0 Å². The van der Waals surface area contributed by atoms with Crippen LogP contribution in [-0.4, -0.2) is 17.9 Å². The van der Waals surface area contributed by atoms with E-state index < -0.39 is 11.8 Å². The fourth-order valence-corrected chi connectivity index (χ4v) is 2.85. The van der Waals surface area contributed by atoms with Crippen molar-refractivity contribution in [2.45, 2.75) is 19.4 Å². The molecule has 0 radical (unpaired) electrons. The fourth-order valence-electron chi connectivity index (χ4n) is 2.85. The van der Waals surface area contributed by atoms with Gasteiger partial charge in [-0.05, 0) is 37.1 Å². The van der Waals surface area contributed by atoms with Gasteiger partial charge in [0, 0.05) is 11.7 Å². The highest BCUT2D eigenvalue weighted by Crippen LogP contribution is 2.32. The zero-order chi connectivity index (χ0) is 16.4. The van der Waals surface area contributed by atoms with E-state index in [1.54, 1.807) is 24.3 Å². The van der Waals surface area contributed by atoms with Crippen LogP contribution in [0.2, 0.25) is 0 Å². The average molecular weight is 305 g/mol. The third kappa shape index (κ3) is 2.67. The van der Waals surface area contributed by atoms with Crippen LogP contribution in [0.4, 0.5) is 11.4 Å². The second-order valence-corrected chi connectivity index (χ2v) is 5.47. The average Bonchev–Trinajstić information content (AvgIpc) is 2.90. The van der Waals surface area contributed by atoms with Crippen molar-refractivity contribution in [2.24, 2.45) is 0 Å². The van der Waals surface area contributed by atoms with Crippen LogP contribution in [-0.2, 0) is 16.0 Å². The van der Waals surface area contributed by atoms with Crippen molar-refractivity contribution < 1.29 is 9.59 Å². The third-order valence-corrected chi connectivity index (χ3v) is 3.92. The van der Waals surface area contributed by atoms with E-state index in [2.05, 4.69) is 5.32 Å². The van der Waals surface area contributed by atoms with E-state index in [-0.39, 0.29) is 6.04 Å². The normalized spacial score (nSPS) is 15.7. The Labute approximate surface area is 134 Å². The number of carbonyl (C=O) groups is 2. The van der Waals surface area contributed by atoms with Gasteiger partial charge in [-0.15, -0.1) is 0 Å². The van der Waals surface area contributed by atoms with Crippen LogP contribution in [0.3, 0.4) is 0 Å². The fraction of sp³-hybridized carbons (Fsp3) is 0.167. The summed E-state index contributed by atoms with van der Waals surface area (Å²) in [5.41, 5.74) is 2.49. The maximum absolute atomic E-state index is 12.6. The molecule has 1 atom stereocenters. The minimum Gasteiger partial charge on any atom is -0.317 e. The molecule has 2 aromatic carbocycles. The number of hydrogen-bond donors (Lipinski definition) is 1. The number of nitrogens with zero attached hydrogens (tertiary/aromatic N) is 2. The molecular weight excluding hydrogens is 290 g/mol. The van der Waals surface area contributed by atoms with Crippen molar-refractivity contribution in [2.75, 3.05) is 10.2 Å². The van der Waals surface area contributed by atoms with Crippen molar-refractivity contribution in [3.05, 3.63) is 59.7 Å². The van der Waals surface area contributed by atoms with Crippen LogP contribution in [0.1, 0.15) is 18.1 Å². The molecule has 0 aliphatic carbocycles. The van der Waals surface area contributed by atoms with Crippen molar-refractivity contribution in [1.29, 1.82) is 5.26 Å². The minimum atomic E-state index is -0.740. The number of carbonyl (C=O) groups excluding carboxylic acids is 2. The molecule has 5 heteroatoms. The highest BCUT2D eigenvalue weighted by molar-refractivity contribution is 6.44. The van der Waals surface area contributed by atoms with E-state index in [0.717, 1.165) is 17.7 Å². The van der Waals surface area contributed by atoms with Crippen LogP contribution in [0.25, 0.3) is 0 Å². The van der Waals surface area contributed by atoms with Crippen LogP contribution >= 0.6 is 0 Å². The number of fused-ring (bicyclic) bond motifs is 1. The van der Waals surface area contributed by atoms with Gasteiger partial charge in [0.15, 0.2) is 0 Å². The molecule has 0 saturated heterocycles. The predicted molar refractivity (Wildman–Crippen MR) is 86.9 cm³/mol. The van der Waals surface area contributed by atoms with Crippen molar-refractivity contribution in [3.63, 3.8) is 0 Å². The first kappa shape index (κ1) is 14.8. The number of hydrogen-bond acceptors (Lipinski definition) is 3. The SMILES string of the molecule is CC1Cc2ccccc2N1C(=O)C(=O)Nc1ccccc1C#N. The Kier molecular flexibility index (Phi) is 3.82. The lowest BCUT2D eigenvalue weighted by Crippen LogP contribution is -2.43. The molecule has 2 amide bonds. The lowest BCUT2D eigenvalue weighted by atomic mass is 10.1. The van der Waals surface area contributed by atoms with Crippen molar-refractivity contribution in [1.82, 2.24) is 0 Å². The van der Waals surface area contributed by atoms with Crippen molar-refractivity contribution in [3.8, 4) is 6.07 Å². The predicted octanol–water partition coefficient (Wildman–Crippen LogP) is 2.47. The summed E-state index contributed by atoms with van der Waals surface area (Å²) in [6.45, 7) is 1.91. The molecule has 1 unspecified atom stereocenters. The van der Waals surface area contributed by atoms with Gasteiger partial charge in [0.25, 0.3) is 0 Å². The first-order chi connectivity index (χ1) is 11.1. The zero-order valence-electron chi connectivity index (χ0n) is 12.6. The van der Waals surface area contributed by atoms with E-state index in [1.165, 1.54) is 4.90 Å². The molecule has 0 fully saturated rings. The molecule has 114 valence electrons. The number of nitrogens with one attached hydrogen (secondary N) is 1. The van der Waals surface area contributed by atoms with Crippen LogP contribution < -0.4 is 10.2 Å². The van der Waals surface area contributed by atoms with Gasteiger partial charge in [-0.3, -0.25) is 9.59 Å². The highest BCUT2D eigenvalue weighted by atomic mass is 16.2. The Morgan fingerprint density at radius 1 is 1.17 bits per heavy atom. The van der Waals surface area contributed by atoms with E-state index in [1.807, 2.05) is 37.3 Å². The van der Waals surface area contributed by atoms with E-state index in [0.29, 0.717) is 11.3 Å². The summed E-state index contributed by atoms with van der Waals surface area (Å²) in [5.74, 6) is -1.36. The molecular formula is C18H15N3O2. The van der Waals surface area contributed by atoms with Gasteiger partial charge in [-0.2, -0.15) is 5.26 Å². The lowest BCUT2D eigenvalue weighted by Gasteiger charge is -2.22. The largest absolute Gasteiger partial charge is 0.317 e. The molecule has 5 nitrogen and oxygen atoms in total. The first-order valence-corrected chi connectivity index (χ1v) is 7.33. The van der Waals surface area contributed by atoms with Crippen molar-refractivity contribution >= 4 is 23.2 Å². The second-order valence-electron chi connectivity index (χ2n) is 5.47. The van der Waals surface area contributed by atoms with Gasteiger partial charge in [0.1, 0.15) is 6.07 Å². The topological polar surface area (TPSA) is 73.2 Å². The summed E-state index contributed by atoms with van der Waals surface area (Å²) in [6.07, 6.45) is 0.726. The zero-order valence-corrected chi connectivity index (χ0v) is 12.6. The van der Waals surface area contributed by atoms with E-state index in [9.17, 15) is 9.59 Å². The molecule has 2 aromatic rings. The van der Waals surface area contributed by atoms with Gasteiger partial charge < -0.3 is 10.2 Å². The van der Waals surface area contributed by atoms with Gasteiger partial charge in [-0.25, -0.2) is 0 Å². The maximum atomic E-state index is 12.6. The van der Waals surface area contributed by atoms with E-state index >= 15 is 0 Å².